The van der Waals surface area contributed by atoms with Crippen LogP contribution in [0.15, 0.2) is 18.2 Å². The van der Waals surface area contributed by atoms with E-state index in [-0.39, 0.29) is 23.5 Å². The zero-order valence-electron chi connectivity index (χ0n) is 9.18. The van der Waals surface area contributed by atoms with E-state index < -0.39 is 5.82 Å². The summed E-state index contributed by atoms with van der Waals surface area (Å²) in [5.74, 6) is -0.538. The van der Waals surface area contributed by atoms with Crippen LogP contribution in [-0.2, 0) is 4.79 Å². The summed E-state index contributed by atoms with van der Waals surface area (Å²) in [6, 6.07) is 4.45. The number of amides is 1. The van der Waals surface area contributed by atoms with Gasteiger partial charge in [0.2, 0.25) is 5.91 Å². The van der Waals surface area contributed by atoms with Crippen molar-refractivity contribution in [1.29, 1.82) is 0 Å². The second-order valence-electron chi connectivity index (χ2n) is 3.45. The van der Waals surface area contributed by atoms with Crippen molar-refractivity contribution in [3.63, 3.8) is 0 Å². The summed E-state index contributed by atoms with van der Waals surface area (Å²) in [5, 5.41) is 5.60. The average Bonchev–Trinajstić information content (AvgIpc) is 2.29. The maximum absolute atomic E-state index is 12.9. The zero-order chi connectivity index (χ0) is 12.1. The van der Waals surface area contributed by atoms with E-state index in [0.29, 0.717) is 0 Å². The Labute approximate surface area is 99.0 Å². The maximum Gasteiger partial charge on any atom is 0.233 e. The third kappa shape index (κ3) is 3.47. The lowest BCUT2D eigenvalue weighted by molar-refractivity contribution is -0.119. The van der Waals surface area contributed by atoms with Crippen LogP contribution < -0.4 is 10.6 Å². The topological polar surface area (TPSA) is 41.1 Å². The molecule has 0 aliphatic rings. The summed E-state index contributed by atoms with van der Waals surface area (Å²) in [7, 11) is 1.57. The van der Waals surface area contributed by atoms with Crippen molar-refractivity contribution in [3.05, 3.63) is 34.6 Å². The van der Waals surface area contributed by atoms with Crippen LogP contribution in [0.25, 0.3) is 0 Å². The van der Waals surface area contributed by atoms with E-state index in [9.17, 15) is 9.18 Å². The van der Waals surface area contributed by atoms with E-state index in [1.807, 2.05) is 6.92 Å². The Morgan fingerprint density at radius 1 is 1.56 bits per heavy atom. The number of carbonyl (C=O) groups excluding carboxylic acids is 1. The van der Waals surface area contributed by atoms with Gasteiger partial charge in [0.1, 0.15) is 5.82 Å². The molecule has 1 aromatic rings. The van der Waals surface area contributed by atoms with Crippen molar-refractivity contribution in [2.75, 3.05) is 13.6 Å². The summed E-state index contributed by atoms with van der Waals surface area (Å²) in [4.78, 5) is 11.0. The molecule has 1 rings (SSSR count). The number of nitrogens with one attached hydrogen (secondary N) is 2. The first-order valence-electron chi connectivity index (χ1n) is 4.93. The van der Waals surface area contributed by atoms with Crippen molar-refractivity contribution < 1.29 is 9.18 Å². The molecule has 0 saturated carbocycles. The molecule has 0 spiro atoms. The van der Waals surface area contributed by atoms with Gasteiger partial charge in [-0.25, -0.2) is 4.39 Å². The molecule has 1 aromatic carbocycles. The van der Waals surface area contributed by atoms with E-state index in [0.717, 1.165) is 5.56 Å². The molecule has 5 heteroatoms. The van der Waals surface area contributed by atoms with Crippen LogP contribution in [-0.4, -0.2) is 19.5 Å². The Kier molecular flexibility index (Phi) is 4.71. The van der Waals surface area contributed by atoms with Crippen molar-refractivity contribution in [3.8, 4) is 0 Å². The molecule has 0 saturated heterocycles. The Morgan fingerprint density at radius 2 is 2.25 bits per heavy atom. The Morgan fingerprint density at radius 3 is 2.81 bits per heavy atom. The summed E-state index contributed by atoms with van der Waals surface area (Å²) in [6.07, 6.45) is 0. The Hall–Kier alpha value is -1.13. The highest BCUT2D eigenvalue weighted by atomic mass is 35.5. The highest BCUT2D eigenvalue weighted by Gasteiger charge is 2.08. The summed E-state index contributed by atoms with van der Waals surface area (Å²) in [5.41, 5.74) is 0.843. The molecule has 0 radical (unpaired) electrons. The summed E-state index contributed by atoms with van der Waals surface area (Å²) < 4.78 is 12.9. The molecule has 1 atom stereocenters. The van der Waals surface area contributed by atoms with Crippen molar-refractivity contribution in [1.82, 2.24) is 10.6 Å². The number of hydrogen-bond donors (Lipinski definition) is 2. The van der Waals surface area contributed by atoms with Crippen LogP contribution in [0.4, 0.5) is 4.39 Å². The lowest BCUT2D eigenvalue weighted by atomic mass is 10.1. The number of halogens is 2. The van der Waals surface area contributed by atoms with Crippen LogP contribution >= 0.6 is 11.6 Å². The van der Waals surface area contributed by atoms with Gasteiger partial charge < -0.3 is 10.6 Å². The van der Waals surface area contributed by atoms with E-state index in [1.165, 1.54) is 6.07 Å². The highest BCUT2D eigenvalue weighted by molar-refractivity contribution is 6.30. The second-order valence-corrected chi connectivity index (χ2v) is 3.86. The molecule has 16 heavy (non-hydrogen) atoms. The standard InChI is InChI=1S/C11H14ClFN2O/c1-7(15-6-11(16)14-2)8-3-4-10(13)9(12)5-8/h3-5,7,15H,6H2,1-2H3,(H,14,16). The summed E-state index contributed by atoms with van der Waals surface area (Å²) >= 11 is 5.67. The molecule has 3 nitrogen and oxygen atoms in total. The molecule has 0 aliphatic carbocycles. The van der Waals surface area contributed by atoms with Crippen LogP contribution in [0.2, 0.25) is 5.02 Å². The molecule has 0 aliphatic heterocycles. The van der Waals surface area contributed by atoms with E-state index in [4.69, 9.17) is 11.6 Å². The van der Waals surface area contributed by atoms with Gasteiger partial charge in [-0.15, -0.1) is 0 Å². The second kappa shape index (κ2) is 5.82. The molecule has 0 bridgehead atoms. The third-order valence-corrected chi connectivity index (χ3v) is 2.58. The zero-order valence-corrected chi connectivity index (χ0v) is 9.94. The highest BCUT2D eigenvalue weighted by Crippen LogP contribution is 2.20. The van der Waals surface area contributed by atoms with E-state index in [2.05, 4.69) is 10.6 Å². The van der Waals surface area contributed by atoms with Gasteiger partial charge in [-0.3, -0.25) is 4.79 Å². The van der Waals surface area contributed by atoms with Gasteiger partial charge in [-0.2, -0.15) is 0 Å². The minimum absolute atomic E-state index is 0.0598. The number of benzene rings is 1. The van der Waals surface area contributed by atoms with E-state index in [1.54, 1.807) is 19.2 Å². The fourth-order valence-corrected chi connectivity index (χ4v) is 1.42. The first-order chi connectivity index (χ1) is 7.54. The van der Waals surface area contributed by atoms with Gasteiger partial charge in [-0.05, 0) is 24.6 Å². The van der Waals surface area contributed by atoms with Crippen LogP contribution in [0.1, 0.15) is 18.5 Å². The number of rotatable bonds is 4. The first kappa shape index (κ1) is 12.9. The van der Waals surface area contributed by atoms with Gasteiger partial charge in [0.05, 0.1) is 11.6 Å². The van der Waals surface area contributed by atoms with Crippen LogP contribution in [0.5, 0.6) is 0 Å². The molecule has 0 heterocycles. The van der Waals surface area contributed by atoms with Crippen molar-refractivity contribution in [2.24, 2.45) is 0 Å². The number of carbonyl (C=O) groups is 1. The molecule has 1 amide bonds. The van der Waals surface area contributed by atoms with Gasteiger partial charge in [-0.1, -0.05) is 17.7 Å². The van der Waals surface area contributed by atoms with Gasteiger partial charge in [0.25, 0.3) is 0 Å². The summed E-state index contributed by atoms with van der Waals surface area (Å²) in [6.45, 7) is 2.10. The van der Waals surface area contributed by atoms with E-state index >= 15 is 0 Å². The fraction of sp³-hybridized carbons (Fsp3) is 0.364. The number of hydrogen-bond acceptors (Lipinski definition) is 2. The normalized spacial score (nSPS) is 12.2. The van der Waals surface area contributed by atoms with Gasteiger partial charge >= 0.3 is 0 Å². The number of likely N-dealkylation sites (N-methyl/N-ethyl adjacent to an activating group) is 1. The Bertz CT molecular complexity index is 384. The lowest BCUT2D eigenvalue weighted by Crippen LogP contribution is -2.32. The largest absolute Gasteiger partial charge is 0.358 e. The van der Waals surface area contributed by atoms with Crippen LogP contribution in [0.3, 0.4) is 0 Å². The Balaban J connectivity index is 2.62. The quantitative estimate of drug-likeness (QED) is 0.849. The molecule has 88 valence electrons. The molecular weight excluding hydrogens is 231 g/mol. The minimum atomic E-state index is -0.441. The average molecular weight is 245 g/mol. The molecule has 0 aromatic heterocycles. The molecule has 1 unspecified atom stereocenters. The molecular formula is C11H14ClFN2O. The molecule has 0 fully saturated rings. The SMILES string of the molecule is CNC(=O)CNC(C)c1ccc(F)c(Cl)c1. The predicted octanol–water partition coefficient (Wildman–Crippen LogP) is 1.88. The molecule has 2 N–H and O–H groups in total. The minimum Gasteiger partial charge on any atom is -0.358 e. The van der Waals surface area contributed by atoms with Gasteiger partial charge in [0, 0.05) is 13.1 Å². The predicted molar refractivity (Wildman–Crippen MR) is 61.9 cm³/mol. The maximum atomic E-state index is 12.9. The van der Waals surface area contributed by atoms with Crippen LogP contribution in [0, 0.1) is 5.82 Å². The monoisotopic (exact) mass is 244 g/mol. The first-order valence-corrected chi connectivity index (χ1v) is 5.31. The third-order valence-electron chi connectivity index (χ3n) is 2.29. The fourth-order valence-electron chi connectivity index (χ4n) is 1.23. The smallest absolute Gasteiger partial charge is 0.233 e. The van der Waals surface area contributed by atoms with Gasteiger partial charge in [0.15, 0.2) is 0 Å². The lowest BCUT2D eigenvalue weighted by Gasteiger charge is -2.13. The van der Waals surface area contributed by atoms with Crippen molar-refractivity contribution in [2.45, 2.75) is 13.0 Å². The van der Waals surface area contributed by atoms with Crippen molar-refractivity contribution >= 4 is 17.5 Å².